The number of hydrogen-bond acceptors (Lipinski definition) is 1. The maximum Gasteiger partial charge on any atom is 0.0468 e. The molecule has 11 rings (SSSR count). The first-order chi connectivity index (χ1) is 21.5. The fraction of sp³-hybridized carbons (Fsp3) is 0.302. The predicted octanol–water partition coefficient (Wildman–Crippen LogP) is 11.2. The van der Waals surface area contributed by atoms with E-state index in [2.05, 4.69) is 134 Å². The average Bonchev–Trinajstić information content (AvgIpc) is 3.46. The van der Waals surface area contributed by atoms with E-state index in [-0.39, 0.29) is 10.8 Å². The van der Waals surface area contributed by atoms with Gasteiger partial charge in [0.1, 0.15) is 0 Å². The topological polar surface area (TPSA) is 3.24 Å². The van der Waals surface area contributed by atoms with E-state index in [1.54, 1.807) is 11.1 Å². The second-order valence-electron chi connectivity index (χ2n) is 15.0. The molecular formula is C43H39N. The Balaban J connectivity index is 1.16. The van der Waals surface area contributed by atoms with Gasteiger partial charge in [-0.1, -0.05) is 92.7 Å². The van der Waals surface area contributed by atoms with Gasteiger partial charge in [0.25, 0.3) is 0 Å². The standard InChI is InChI=1S/C43H39N/c1-42(2)38-14-8-6-12-34(38)36-25-32(16-18-39(36)42)44(31-10-4-3-5-11-31)33-17-19-41-37(26-33)35-13-7-9-15-40(35)43(41)29-21-27-20-28(23-29)24-30(43)22-27/h3-19,25-30H,20-24H2,1-2H3. The summed E-state index contributed by atoms with van der Waals surface area (Å²) in [4.78, 5) is 2.49. The molecule has 0 N–H and O–H groups in total. The largest absolute Gasteiger partial charge is 0.310 e. The minimum absolute atomic E-state index is 0.00624. The van der Waals surface area contributed by atoms with E-state index < -0.39 is 0 Å². The Morgan fingerprint density at radius 2 is 0.932 bits per heavy atom. The molecule has 0 atom stereocenters. The average molecular weight is 570 g/mol. The summed E-state index contributed by atoms with van der Waals surface area (Å²) in [7, 11) is 0. The second-order valence-corrected chi connectivity index (χ2v) is 15.0. The number of hydrogen-bond donors (Lipinski definition) is 0. The van der Waals surface area contributed by atoms with Gasteiger partial charge in [-0.05, 0) is 137 Å². The molecule has 1 spiro atoms. The maximum atomic E-state index is 2.55. The summed E-state index contributed by atoms with van der Waals surface area (Å²) in [5.41, 5.74) is 15.7. The van der Waals surface area contributed by atoms with Gasteiger partial charge in [-0.3, -0.25) is 0 Å². The van der Waals surface area contributed by atoms with Crippen molar-refractivity contribution in [1.82, 2.24) is 0 Å². The highest BCUT2D eigenvalue weighted by molar-refractivity contribution is 5.90. The van der Waals surface area contributed by atoms with Gasteiger partial charge in [0.05, 0.1) is 0 Å². The maximum absolute atomic E-state index is 2.55. The number of anilines is 3. The van der Waals surface area contributed by atoms with E-state index in [1.807, 2.05) is 0 Å². The number of rotatable bonds is 3. The molecule has 0 aliphatic heterocycles. The van der Waals surface area contributed by atoms with Crippen molar-refractivity contribution < 1.29 is 0 Å². The van der Waals surface area contributed by atoms with Crippen LogP contribution in [0, 0.1) is 23.7 Å². The molecule has 1 heteroatoms. The minimum atomic E-state index is 0.00624. The summed E-state index contributed by atoms with van der Waals surface area (Å²) in [5, 5.41) is 0. The molecule has 4 fully saturated rings. The van der Waals surface area contributed by atoms with Crippen molar-refractivity contribution in [2.45, 2.75) is 56.8 Å². The van der Waals surface area contributed by atoms with E-state index in [0.717, 1.165) is 23.7 Å². The van der Waals surface area contributed by atoms with Crippen LogP contribution >= 0.6 is 0 Å². The van der Waals surface area contributed by atoms with E-state index in [9.17, 15) is 0 Å². The van der Waals surface area contributed by atoms with Gasteiger partial charge in [0.2, 0.25) is 0 Å². The van der Waals surface area contributed by atoms with Crippen LogP contribution in [0.2, 0.25) is 0 Å². The summed E-state index contributed by atoms with van der Waals surface area (Å²) in [6, 6.07) is 44.1. The molecule has 4 saturated carbocycles. The third-order valence-corrected chi connectivity index (χ3v) is 12.6. The molecule has 5 aromatic carbocycles. The van der Waals surface area contributed by atoms with Crippen molar-refractivity contribution in [3.05, 3.63) is 138 Å². The third-order valence-electron chi connectivity index (χ3n) is 12.6. The number of para-hydroxylation sites is 1. The lowest BCUT2D eigenvalue weighted by molar-refractivity contribution is -0.0399. The zero-order chi connectivity index (χ0) is 29.2. The first kappa shape index (κ1) is 25.2. The lowest BCUT2D eigenvalue weighted by atomic mass is 9.43. The van der Waals surface area contributed by atoms with Gasteiger partial charge in [0, 0.05) is 27.9 Å². The van der Waals surface area contributed by atoms with Gasteiger partial charge < -0.3 is 4.90 Å². The summed E-state index contributed by atoms with van der Waals surface area (Å²) in [6.45, 7) is 4.73. The molecule has 0 amide bonds. The predicted molar refractivity (Wildman–Crippen MR) is 182 cm³/mol. The summed E-state index contributed by atoms with van der Waals surface area (Å²) in [5.74, 6) is 3.50. The normalized spacial score (nSPS) is 27.6. The highest BCUT2D eigenvalue weighted by atomic mass is 15.1. The molecule has 0 saturated heterocycles. The third kappa shape index (κ3) is 3.15. The van der Waals surface area contributed by atoms with Crippen molar-refractivity contribution in [2.75, 3.05) is 4.90 Å². The molecule has 4 bridgehead atoms. The van der Waals surface area contributed by atoms with Crippen molar-refractivity contribution in [2.24, 2.45) is 23.7 Å². The first-order valence-electron chi connectivity index (χ1n) is 16.9. The summed E-state index contributed by atoms with van der Waals surface area (Å²) in [6.07, 6.45) is 7.18. The SMILES string of the molecule is CC1(C)c2ccccc2-c2cc(N(c3ccccc3)c3ccc4c(c3)-c3ccccc3C43C4CC5CC(C4)CC3C5)ccc21. The molecule has 0 aromatic heterocycles. The van der Waals surface area contributed by atoms with Crippen LogP contribution in [0.5, 0.6) is 0 Å². The summed E-state index contributed by atoms with van der Waals surface area (Å²) >= 11 is 0. The minimum Gasteiger partial charge on any atom is -0.310 e. The number of nitrogens with zero attached hydrogens (tertiary/aromatic N) is 1. The fourth-order valence-corrected chi connectivity index (χ4v) is 11.2. The van der Waals surface area contributed by atoms with Crippen LogP contribution < -0.4 is 4.90 Å². The Kier molecular flexibility index (Phi) is 5.02. The monoisotopic (exact) mass is 569 g/mol. The Morgan fingerprint density at radius 3 is 1.59 bits per heavy atom. The molecule has 6 aliphatic carbocycles. The van der Waals surface area contributed by atoms with E-state index in [1.165, 1.54) is 82.5 Å². The Bertz CT molecular complexity index is 1930. The van der Waals surface area contributed by atoms with Crippen LogP contribution in [0.3, 0.4) is 0 Å². The molecule has 0 radical (unpaired) electrons. The second kappa shape index (κ2) is 8.75. The van der Waals surface area contributed by atoms with Crippen molar-refractivity contribution >= 4 is 17.1 Å². The molecular weight excluding hydrogens is 530 g/mol. The van der Waals surface area contributed by atoms with Crippen molar-refractivity contribution in [3.63, 3.8) is 0 Å². The fourth-order valence-electron chi connectivity index (χ4n) is 11.2. The van der Waals surface area contributed by atoms with Crippen molar-refractivity contribution in [3.8, 4) is 22.3 Å². The molecule has 5 aromatic rings. The number of benzene rings is 5. The van der Waals surface area contributed by atoms with E-state index in [4.69, 9.17) is 0 Å². The Hall–Kier alpha value is -4.10. The van der Waals surface area contributed by atoms with Gasteiger partial charge in [-0.2, -0.15) is 0 Å². The van der Waals surface area contributed by atoms with Gasteiger partial charge in [0.15, 0.2) is 0 Å². The molecule has 44 heavy (non-hydrogen) atoms. The van der Waals surface area contributed by atoms with E-state index in [0.29, 0.717) is 0 Å². The van der Waals surface area contributed by atoms with Gasteiger partial charge >= 0.3 is 0 Å². The van der Waals surface area contributed by atoms with Crippen LogP contribution in [0.15, 0.2) is 115 Å². The van der Waals surface area contributed by atoms with Crippen LogP contribution in [0.1, 0.15) is 68.2 Å². The van der Waals surface area contributed by atoms with Crippen LogP contribution in [-0.2, 0) is 10.8 Å². The van der Waals surface area contributed by atoms with Crippen LogP contribution in [-0.4, -0.2) is 0 Å². The van der Waals surface area contributed by atoms with Gasteiger partial charge in [-0.15, -0.1) is 0 Å². The smallest absolute Gasteiger partial charge is 0.0468 e. The number of fused-ring (bicyclic) bond motifs is 6. The highest BCUT2D eigenvalue weighted by Gasteiger charge is 2.61. The zero-order valence-corrected chi connectivity index (χ0v) is 25.8. The lowest BCUT2D eigenvalue weighted by Gasteiger charge is -2.61. The van der Waals surface area contributed by atoms with Crippen molar-refractivity contribution in [1.29, 1.82) is 0 Å². The zero-order valence-electron chi connectivity index (χ0n) is 25.8. The van der Waals surface area contributed by atoms with Crippen LogP contribution in [0.25, 0.3) is 22.3 Å². The molecule has 6 aliphatic rings. The highest BCUT2D eigenvalue weighted by Crippen LogP contribution is 2.69. The molecule has 0 heterocycles. The van der Waals surface area contributed by atoms with E-state index >= 15 is 0 Å². The summed E-state index contributed by atoms with van der Waals surface area (Å²) < 4.78 is 0. The molecule has 1 nitrogen and oxygen atoms in total. The Morgan fingerprint density at radius 1 is 0.455 bits per heavy atom. The quantitative estimate of drug-likeness (QED) is 0.209. The molecule has 0 unspecified atom stereocenters. The first-order valence-corrected chi connectivity index (χ1v) is 16.9. The van der Waals surface area contributed by atoms with Gasteiger partial charge in [-0.25, -0.2) is 0 Å². The molecule has 216 valence electrons. The van der Waals surface area contributed by atoms with Crippen LogP contribution in [0.4, 0.5) is 17.1 Å². The Labute approximate surface area is 261 Å². The lowest BCUT2D eigenvalue weighted by Crippen LogP contribution is -2.55.